The molecule has 152 valence electrons. The maximum Gasteiger partial charge on any atom is 0.243 e. The summed E-state index contributed by atoms with van der Waals surface area (Å²) in [4.78, 5) is 27.9. The number of hydrogen-bond acceptors (Lipinski definition) is 2. The minimum atomic E-state index is -0.635. The number of aromatic amines is 1. The first-order valence-electron chi connectivity index (χ1n) is 10.1. The van der Waals surface area contributed by atoms with E-state index in [4.69, 9.17) is 0 Å². The second-order valence-electron chi connectivity index (χ2n) is 7.87. The van der Waals surface area contributed by atoms with Crippen molar-refractivity contribution in [2.45, 2.75) is 52.1 Å². The monoisotopic (exact) mass is 391 g/mol. The Hall–Kier alpha value is -3.08. The summed E-state index contributed by atoms with van der Waals surface area (Å²) in [7, 11) is 0. The zero-order valence-electron chi connectivity index (χ0n) is 17.5. The largest absolute Gasteiger partial charge is 0.361 e. The number of aromatic nitrogens is 1. The number of para-hydroxylation sites is 1. The number of hydrogen-bond donors (Lipinski definition) is 3. The standard InChI is InChI=1S/C24H29N3O2/c1-15(2)18-9-11-19(12-10-18)16(3)26-24(29)23(27-17(4)28)13-20-14-25-22-8-6-5-7-21(20)22/h5-12,14-16,23,25H,13H2,1-4H3,(H,26,29)(H,27,28). The highest BCUT2D eigenvalue weighted by Gasteiger charge is 2.23. The maximum atomic E-state index is 13.0. The highest BCUT2D eigenvalue weighted by molar-refractivity contribution is 5.89. The summed E-state index contributed by atoms with van der Waals surface area (Å²) in [6.45, 7) is 7.70. The molecular formula is C24H29N3O2. The van der Waals surface area contributed by atoms with E-state index < -0.39 is 6.04 Å². The number of H-pyrrole nitrogens is 1. The van der Waals surface area contributed by atoms with Gasteiger partial charge in [0, 0.05) is 30.4 Å². The molecule has 1 heterocycles. The molecular weight excluding hydrogens is 362 g/mol. The molecule has 0 aliphatic carbocycles. The fourth-order valence-corrected chi connectivity index (χ4v) is 3.54. The Morgan fingerprint density at radius 1 is 0.931 bits per heavy atom. The first-order valence-corrected chi connectivity index (χ1v) is 10.1. The van der Waals surface area contributed by atoms with Crippen LogP contribution in [0.25, 0.3) is 10.9 Å². The first-order chi connectivity index (χ1) is 13.8. The van der Waals surface area contributed by atoms with E-state index in [0.29, 0.717) is 12.3 Å². The van der Waals surface area contributed by atoms with E-state index in [1.807, 2.05) is 49.5 Å². The van der Waals surface area contributed by atoms with E-state index in [1.54, 1.807) is 0 Å². The lowest BCUT2D eigenvalue weighted by Gasteiger charge is -2.21. The molecule has 5 nitrogen and oxygen atoms in total. The Balaban J connectivity index is 1.74. The fraction of sp³-hybridized carbons (Fsp3) is 0.333. The van der Waals surface area contributed by atoms with Crippen molar-refractivity contribution >= 4 is 22.7 Å². The van der Waals surface area contributed by atoms with Gasteiger partial charge in [-0.05, 0) is 35.6 Å². The average molecular weight is 392 g/mol. The molecule has 1 aromatic heterocycles. The summed E-state index contributed by atoms with van der Waals surface area (Å²) in [5.41, 5.74) is 4.32. The summed E-state index contributed by atoms with van der Waals surface area (Å²) in [5, 5.41) is 6.91. The number of rotatable bonds is 7. The summed E-state index contributed by atoms with van der Waals surface area (Å²) < 4.78 is 0. The van der Waals surface area contributed by atoms with Crippen LogP contribution < -0.4 is 10.6 Å². The summed E-state index contributed by atoms with van der Waals surface area (Å²) in [5.74, 6) is 0.0547. The van der Waals surface area contributed by atoms with E-state index in [2.05, 4.69) is 41.6 Å². The highest BCUT2D eigenvalue weighted by atomic mass is 16.2. The molecule has 0 spiro atoms. The molecule has 3 N–H and O–H groups in total. The van der Waals surface area contributed by atoms with Crippen LogP contribution in [0.5, 0.6) is 0 Å². The Morgan fingerprint density at radius 3 is 2.24 bits per heavy atom. The number of amides is 2. The van der Waals surface area contributed by atoms with Gasteiger partial charge in [-0.25, -0.2) is 0 Å². The Labute approximate surface area is 171 Å². The molecule has 0 fully saturated rings. The van der Waals surface area contributed by atoms with E-state index >= 15 is 0 Å². The molecule has 29 heavy (non-hydrogen) atoms. The van der Waals surface area contributed by atoms with Gasteiger partial charge in [0.1, 0.15) is 6.04 Å². The van der Waals surface area contributed by atoms with Crippen LogP contribution in [0.15, 0.2) is 54.7 Å². The molecule has 0 radical (unpaired) electrons. The van der Waals surface area contributed by atoms with Crippen LogP contribution in [0.2, 0.25) is 0 Å². The molecule has 3 rings (SSSR count). The molecule has 5 heteroatoms. The van der Waals surface area contributed by atoms with Gasteiger partial charge in [-0.2, -0.15) is 0 Å². The predicted molar refractivity (Wildman–Crippen MR) is 117 cm³/mol. The van der Waals surface area contributed by atoms with Crippen molar-refractivity contribution in [2.75, 3.05) is 0 Å². The normalized spacial score (nSPS) is 13.3. The van der Waals surface area contributed by atoms with Crippen molar-refractivity contribution in [3.05, 3.63) is 71.4 Å². The zero-order chi connectivity index (χ0) is 21.0. The van der Waals surface area contributed by atoms with Crippen LogP contribution in [-0.2, 0) is 16.0 Å². The number of carbonyl (C=O) groups excluding carboxylic acids is 2. The van der Waals surface area contributed by atoms with Gasteiger partial charge >= 0.3 is 0 Å². The Kier molecular flexibility index (Phi) is 6.37. The van der Waals surface area contributed by atoms with E-state index in [0.717, 1.165) is 22.0 Å². The maximum absolute atomic E-state index is 13.0. The van der Waals surface area contributed by atoms with Gasteiger partial charge in [0.15, 0.2) is 0 Å². The van der Waals surface area contributed by atoms with Gasteiger partial charge in [0.2, 0.25) is 11.8 Å². The SMILES string of the molecule is CC(=O)NC(Cc1c[nH]c2ccccc12)C(=O)NC(C)c1ccc(C(C)C)cc1. The minimum Gasteiger partial charge on any atom is -0.361 e. The third kappa shape index (κ3) is 5.05. The molecule has 0 aliphatic heterocycles. The van der Waals surface area contributed by atoms with Crippen LogP contribution in [0.3, 0.4) is 0 Å². The molecule has 2 atom stereocenters. The van der Waals surface area contributed by atoms with Crippen molar-refractivity contribution in [2.24, 2.45) is 0 Å². The summed E-state index contributed by atoms with van der Waals surface area (Å²) in [6, 6.07) is 15.5. The average Bonchev–Trinajstić information content (AvgIpc) is 3.10. The second-order valence-corrected chi connectivity index (χ2v) is 7.87. The third-order valence-corrected chi connectivity index (χ3v) is 5.25. The number of benzene rings is 2. The van der Waals surface area contributed by atoms with Crippen LogP contribution in [0, 0.1) is 0 Å². The third-order valence-electron chi connectivity index (χ3n) is 5.25. The van der Waals surface area contributed by atoms with Gasteiger partial charge in [-0.3, -0.25) is 9.59 Å². The number of nitrogens with one attached hydrogen (secondary N) is 3. The summed E-state index contributed by atoms with van der Waals surface area (Å²) >= 11 is 0. The second kappa shape index (κ2) is 8.95. The topological polar surface area (TPSA) is 74.0 Å². The highest BCUT2D eigenvalue weighted by Crippen LogP contribution is 2.21. The lowest BCUT2D eigenvalue weighted by Crippen LogP contribution is -2.47. The molecule has 2 unspecified atom stereocenters. The van der Waals surface area contributed by atoms with Gasteiger partial charge in [0.25, 0.3) is 0 Å². The number of fused-ring (bicyclic) bond motifs is 1. The van der Waals surface area contributed by atoms with Gasteiger partial charge in [-0.15, -0.1) is 0 Å². The lowest BCUT2D eigenvalue weighted by atomic mass is 9.99. The molecule has 0 saturated heterocycles. The van der Waals surface area contributed by atoms with Gasteiger partial charge in [0.05, 0.1) is 6.04 Å². The van der Waals surface area contributed by atoms with Crippen molar-refractivity contribution in [3.8, 4) is 0 Å². The van der Waals surface area contributed by atoms with E-state index in [9.17, 15) is 9.59 Å². The first kappa shape index (κ1) is 20.6. The fourth-order valence-electron chi connectivity index (χ4n) is 3.54. The predicted octanol–water partition coefficient (Wildman–Crippen LogP) is 4.22. The van der Waals surface area contributed by atoms with Crippen molar-refractivity contribution < 1.29 is 9.59 Å². The molecule has 0 bridgehead atoms. The van der Waals surface area contributed by atoms with Crippen molar-refractivity contribution in [3.63, 3.8) is 0 Å². The van der Waals surface area contributed by atoms with Gasteiger partial charge in [-0.1, -0.05) is 56.3 Å². The quantitative estimate of drug-likeness (QED) is 0.564. The van der Waals surface area contributed by atoms with Crippen molar-refractivity contribution in [1.29, 1.82) is 0 Å². The zero-order valence-corrected chi connectivity index (χ0v) is 17.5. The van der Waals surface area contributed by atoms with Crippen molar-refractivity contribution in [1.82, 2.24) is 15.6 Å². The Morgan fingerprint density at radius 2 is 1.59 bits per heavy atom. The summed E-state index contributed by atoms with van der Waals surface area (Å²) in [6.07, 6.45) is 2.33. The minimum absolute atomic E-state index is 0.150. The van der Waals surface area contributed by atoms with E-state index in [-0.39, 0.29) is 17.9 Å². The van der Waals surface area contributed by atoms with Crippen LogP contribution in [-0.4, -0.2) is 22.8 Å². The molecule has 2 amide bonds. The van der Waals surface area contributed by atoms with Crippen LogP contribution >= 0.6 is 0 Å². The van der Waals surface area contributed by atoms with Gasteiger partial charge < -0.3 is 15.6 Å². The van der Waals surface area contributed by atoms with E-state index in [1.165, 1.54) is 12.5 Å². The Bertz CT molecular complexity index is 989. The van der Waals surface area contributed by atoms with Crippen LogP contribution in [0.1, 0.15) is 56.3 Å². The lowest BCUT2D eigenvalue weighted by molar-refractivity contribution is -0.128. The molecule has 0 aliphatic rings. The van der Waals surface area contributed by atoms with Crippen LogP contribution in [0.4, 0.5) is 0 Å². The number of carbonyl (C=O) groups is 2. The smallest absolute Gasteiger partial charge is 0.243 e. The molecule has 0 saturated carbocycles. The molecule has 2 aromatic carbocycles. The molecule has 3 aromatic rings.